The molecule has 0 unspecified atom stereocenters. The highest BCUT2D eigenvalue weighted by molar-refractivity contribution is 6.10. The van der Waals surface area contributed by atoms with Crippen molar-refractivity contribution in [3.05, 3.63) is 59.0 Å². The Kier molecular flexibility index (Phi) is 5.97. The lowest BCUT2D eigenvalue weighted by atomic mass is 9.98. The number of alkyl halides is 3. The molecule has 1 fully saturated rings. The molecule has 4 aromatic rings. The third-order valence-corrected chi connectivity index (χ3v) is 7.40. The number of nitrogens with zero attached hydrogens (tertiary/aromatic N) is 8. The van der Waals surface area contributed by atoms with Crippen LogP contribution in [0.5, 0.6) is 0 Å². The second-order valence-corrected chi connectivity index (χ2v) is 9.93. The van der Waals surface area contributed by atoms with Crippen molar-refractivity contribution in [2.24, 2.45) is 14.1 Å². The van der Waals surface area contributed by atoms with Crippen molar-refractivity contribution in [2.75, 3.05) is 16.3 Å². The number of aryl methyl sites for hydroxylation is 3. The Bertz CT molecular complexity index is 1670. The maximum Gasteiger partial charge on any atom is 0.416 e. The van der Waals surface area contributed by atoms with Crippen LogP contribution in [-0.4, -0.2) is 47.9 Å². The van der Waals surface area contributed by atoms with Gasteiger partial charge in [-0.2, -0.15) is 18.3 Å². The van der Waals surface area contributed by atoms with Crippen molar-refractivity contribution < 1.29 is 22.8 Å². The third kappa shape index (κ3) is 4.12. The number of hydrogen-bond acceptors (Lipinski definition) is 6. The van der Waals surface area contributed by atoms with Gasteiger partial charge in [-0.1, -0.05) is 6.92 Å². The van der Waals surface area contributed by atoms with E-state index in [2.05, 4.69) is 20.3 Å². The van der Waals surface area contributed by atoms with Crippen LogP contribution in [0.2, 0.25) is 0 Å². The second-order valence-electron chi connectivity index (χ2n) is 9.93. The monoisotopic (exact) mass is 550 g/mol. The highest BCUT2D eigenvalue weighted by atomic mass is 19.4. The van der Waals surface area contributed by atoms with Gasteiger partial charge in [0, 0.05) is 38.2 Å². The lowest BCUT2D eigenvalue weighted by molar-refractivity contribution is -0.138. The van der Waals surface area contributed by atoms with E-state index in [1.54, 1.807) is 54.9 Å². The average molecular weight is 551 g/mol. The molecule has 1 aromatic carbocycles. The fourth-order valence-electron chi connectivity index (χ4n) is 5.39. The summed E-state index contributed by atoms with van der Waals surface area (Å²) in [5.41, 5.74) is 1.39. The molecule has 0 bridgehead atoms. The summed E-state index contributed by atoms with van der Waals surface area (Å²) in [4.78, 5) is 33.7. The predicted molar refractivity (Wildman–Crippen MR) is 139 cm³/mol. The minimum atomic E-state index is -4.62. The van der Waals surface area contributed by atoms with Gasteiger partial charge >= 0.3 is 6.18 Å². The molecule has 6 rings (SSSR count). The van der Waals surface area contributed by atoms with Gasteiger partial charge in [-0.3, -0.25) is 24.1 Å². The first-order chi connectivity index (χ1) is 19.1. The number of aromatic nitrogens is 6. The van der Waals surface area contributed by atoms with Gasteiger partial charge < -0.3 is 4.57 Å². The molecule has 40 heavy (non-hydrogen) atoms. The van der Waals surface area contributed by atoms with Gasteiger partial charge in [0.2, 0.25) is 5.91 Å². The summed E-state index contributed by atoms with van der Waals surface area (Å²) in [5, 5.41) is 12.5. The van der Waals surface area contributed by atoms with Crippen LogP contribution in [0.25, 0.3) is 22.6 Å². The molecule has 5 heterocycles. The van der Waals surface area contributed by atoms with Crippen LogP contribution < -0.4 is 9.80 Å². The Morgan fingerprint density at radius 1 is 1.00 bits per heavy atom. The number of carbonyl (C=O) groups excluding carboxylic acids is 2. The summed E-state index contributed by atoms with van der Waals surface area (Å²) in [5.74, 6) is 0.320. The Hall–Kier alpha value is -4.55. The summed E-state index contributed by atoms with van der Waals surface area (Å²) in [6.45, 7) is 1.90. The first kappa shape index (κ1) is 25.7. The first-order valence-corrected chi connectivity index (χ1v) is 12.8. The van der Waals surface area contributed by atoms with Crippen molar-refractivity contribution >= 4 is 23.5 Å². The first-order valence-electron chi connectivity index (χ1n) is 12.8. The summed E-state index contributed by atoms with van der Waals surface area (Å²) in [7, 11) is 3.54. The van der Waals surface area contributed by atoms with Crippen LogP contribution in [0.1, 0.15) is 46.8 Å². The molecule has 0 atom stereocenters. The largest absolute Gasteiger partial charge is 0.416 e. The maximum atomic E-state index is 14.0. The van der Waals surface area contributed by atoms with Crippen LogP contribution in [-0.2, 0) is 38.0 Å². The number of fused-ring (bicyclic) bond motifs is 1. The maximum absolute atomic E-state index is 14.0. The minimum absolute atomic E-state index is 0.0120. The van der Waals surface area contributed by atoms with E-state index in [9.17, 15) is 22.8 Å². The molecule has 0 spiro atoms. The van der Waals surface area contributed by atoms with Gasteiger partial charge in [-0.25, -0.2) is 4.98 Å². The van der Waals surface area contributed by atoms with E-state index in [1.165, 1.54) is 15.9 Å². The van der Waals surface area contributed by atoms with E-state index in [0.29, 0.717) is 59.8 Å². The fraction of sp³-hybridized carbons (Fsp3) is 0.333. The van der Waals surface area contributed by atoms with Gasteiger partial charge in [-0.05, 0) is 48.2 Å². The van der Waals surface area contributed by atoms with Gasteiger partial charge in [-0.15, -0.1) is 10.2 Å². The van der Waals surface area contributed by atoms with E-state index in [-0.39, 0.29) is 29.4 Å². The molecular weight excluding hydrogens is 525 g/mol. The van der Waals surface area contributed by atoms with Gasteiger partial charge in [0.05, 0.1) is 29.6 Å². The summed E-state index contributed by atoms with van der Waals surface area (Å²) < 4.78 is 45.4. The molecule has 0 N–H and O–H groups in total. The average Bonchev–Trinajstić information content (AvgIpc) is 3.70. The molecule has 1 saturated heterocycles. The van der Waals surface area contributed by atoms with Crippen molar-refractivity contribution in [1.29, 1.82) is 0 Å². The number of rotatable bonds is 5. The molecule has 10 nitrogen and oxygen atoms in total. The normalized spacial score (nSPS) is 15.4. The van der Waals surface area contributed by atoms with E-state index >= 15 is 0 Å². The SMILES string of the molecule is CCc1cc2c(c(C(F)(F)F)c1)CN(c1cc(-c3c(-c4nncn4C)cnn3C)cc(N3CCCC3=O)n1)C2=O. The molecule has 2 aliphatic heterocycles. The van der Waals surface area contributed by atoms with Crippen LogP contribution in [0.4, 0.5) is 24.8 Å². The highest BCUT2D eigenvalue weighted by Gasteiger charge is 2.41. The fourth-order valence-corrected chi connectivity index (χ4v) is 5.39. The quantitative estimate of drug-likeness (QED) is 0.370. The Morgan fingerprint density at radius 2 is 1.75 bits per heavy atom. The molecule has 2 amide bonds. The Labute approximate surface area is 227 Å². The lowest BCUT2D eigenvalue weighted by Gasteiger charge is -2.21. The van der Waals surface area contributed by atoms with Crippen LogP contribution in [0.3, 0.4) is 0 Å². The van der Waals surface area contributed by atoms with Crippen molar-refractivity contribution in [1.82, 2.24) is 29.5 Å². The Balaban J connectivity index is 1.52. The van der Waals surface area contributed by atoms with E-state index in [1.807, 2.05) is 0 Å². The molecule has 0 saturated carbocycles. The molecule has 2 aliphatic rings. The molecule has 0 radical (unpaired) electrons. The zero-order chi connectivity index (χ0) is 28.3. The molecular formula is C27H25F3N8O2. The topological polar surface area (TPSA) is 102 Å². The summed E-state index contributed by atoms with van der Waals surface area (Å²) >= 11 is 0. The molecule has 206 valence electrons. The van der Waals surface area contributed by atoms with Crippen LogP contribution in [0, 0.1) is 0 Å². The van der Waals surface area contributed by atoms with Crippen LogP contribution >= 0.6 is 0 Å². The number of benzene rings is 1. The lowest BCUT2D eigenvalue weighted by Crippen LogP contribution is -2.28. The highest BCUT2D eigenvalue weighted by Crippen LogP contribution is 2.41. The number of anilines is 2. The predicted octanol–water partition coefficient (Wildman–Crippen LogP) is 4.15. The molecule has 0 aliphatic carbocycles. The summed E-state index contributed by atoms with van der Waals surface area (Å²) in [6.07, 6.45) is -0.0590. The van der Waals surface area contributed by atoms with Crippen molar-refractivity contribution in [2.45, 2.75) is 38.9 Å². The van der Waals surface area contributed by atoms with E-state index in [4.69, 9.17) is 0 Å². The number of halogens is 3. The zero-order valence-corrected chi connectivity index (χ0v) is 22.0. The van der Waals surface area contributed by atoms with Gasteiger partial charge in [0.1, 0.15) is 18.0 Å². The number of hydrogen-bond donors (Lipinski definition) is 0. The molecule has 13 heteroatoms. The Morgan fingerprint density at radius 3 is 2.38 bits per heavy atom. The van der Waals surface area contributed by atoms with E-state index in [0.717, 1.165) is 6.07 Å². The van der Waals surface area contributed by atoms with Crippen molar-refractivity contribution in [3.63, 3.8) is 0 Å². The van der Waals surface area contributed by atoms with Crippen molar-refractivity contribution in [3.8, 4) is 22.6 Å². The van der Waals surface area contributed by atoms with Gasteiger partial charge in [0.15, 0.2) is 5.82 Å². The number of amides is 2. The van der Waals surface area contributed by atoms with E-state index < -0.39 is 17.6 Å². The number of pyridine rings is 1. The third-order valence-electron chi connectivity index (χ3n) is 7.40. The summed E-state index contributed by atoms with van der Waals surface area (Å²) in [6, 6.07) is 6.00. The number of carbonyl (C=O) groups is 2. The smallest absolute Gasteiger partial charge is 0.317 e. The second kappa shape index (κ2) is 9.28. The van der Waals surface area contributed by atoms with Gasteiger partial charge in [0.25, 0.3) is 5.91 Å². The zero-order valence-electron chi connectivity index (χ0n) is 22.0. The molecule has 3 aromatic heterocycles. The minimum Gasteiger partial charge on any atom is -0.317 e. The standard InChI is InChI=1S/C27H25F3N8O2/c1-4-15-8-17-19(20(9-15)27(28,29)30)13-38(26(17)40)22-11-16(10-21(33-22)37-7-5-6-23(37)39)24-18(12-32-36(24)3)25-34-31-14-35(25)2/h8-12,14H,4-7,13H2,1-3H3. The van der Waals surface area contributed by atoms with Crippen LogP contribution in [0.15, 0.2) is 36.8 Å².